The maximum atomic E-state index is 13.1. The third-order valence-electron chi connectivity index (χ3n) is 2.11. The average molecular weight is 309 g/mol. The highest BCUT2D eigenvalue weighted by Crippen LogP contribution is 2.15. The first-order valence-corrected chi connectivity index (χ1v) is 6.21. The van der Waals surface area contributed by atoms with Crippen LogP contribution in [0.25, 0.3) is 0 Å². The lowest BCUT2D eigenvalue weighted by atomic mass is 10.2. The molecule has 16 heavy (non-hydrogen) atoms. The van der Waals surface area contributed by atoms with Gasteiger partial charge in [0.15, 0.2) is 0 Å². The number of benzene rings is 1. The highest BCUT2D eigenvalue weighted by Gasteiger charge is 2.09. The van der Waals surface area contributed by atoms with Gasteiger partial charge in [-0.15, -0.1) is 0 Å². The lowest BCUT2D eigenvalue weighted by Crippen LogP contribution is -2.29. The predicted octanol–water partition coefficient (Wildman–Crippen LogP) is 3.38. The highest BCUT2D eigenvalue weighted by atomic mass is 79.9. The molecular weight excluding hydrogens is 296 g/mol. The van der Waals surface area contributed by atoms with Crippen LogP contribution in [0.1, 0.15) is 23.7 Å². The molecule has 1 N–H and O–H groups in total. The molecule has 0 saturated carbocycles. The minimum absolute atomic E-state index is 0.0171. The Hall–Kier alpha value is -0.610. The zero-order valence-electron chi connectivity index (χ0n) is 8.77. The first-order valence-electron chi connectivity index (χ1n) is 4.92. The summed E-state index contributed by atoms with van der Waals surface area (Å²) in [7, 11) is 0. The number of nitrogens with one attached hydrogen (secondary N) is 1. The van der Waals surface area contributed by atoms with Gasteiger partial charge < -0.3 is 5.32 Å². The van der Waals surface area contributed by atoms with Gasteiger partial charge in [0.05, 0.1) is 5.02 Å². The summed E-state index contributed by atoms with van der Waals surface area (Å²) in [6, 6.07) is 4.00. The van der Waals surface area contributed by atoms with E-state index in [0.717, 1.165) is 12.5 Å². The maximum Gasteiger partial charge on any atom is 0.251 e. The summed E-state index contributed by atoms with van der Waals surface area (Å²) >= 11 is 8.92. The summed E-state index contributed by atoms with van der Waals surface area (Å²) < 4.78 is 13.1. The van der Waals surface area contributed by atoms with Crippen LogP contribution in [0.15, 0.2) is 18.2 Å². The number of hydrogen-bond donors (Lipinski definition) is 1. The predicted molar refractivity (Wildman–Crippen MR) is 66.7 cm³/mol. The molecule has 1 rings (SSSR count). The van der Waals surface area contributed by atoms with Crippen molar-refractivity contribution in [2.45, 2.75) is 18.2 Å². The van der Waals surface area contributed by atoms with Gasteiger partial charge in [-0.3, -0.25) is 4.79 Å². The Bertz CT molecular complexity index is 386. The Balaban J connectivity index is 2.63. The molecule has 1 unspecified atom stereocenters. The second kappa shape index (κ2) is 6.21. The van der Waals surface area contributed by atoms with Gasteiger partial charge in [0.1, 0.15) is 5.82 Å². The van der Waals surface area contributed by atoms with Gasteiger partial charge in [-0.25, -0.2) is 4.39 Å². The van der Waals surface area contributed by atoms with Gasteiger partial charge in [0.2, 0.25) is 0 Å². The number of hydrogen-bond acceptors (Lipinski definition) is 1. The number of carbonyl (C=O) groups is 1. The van der Waals surface area contributed by atoms with E-state index in [9.17, 15) is 9.18 Å². The molecule has 0 heterocycles. The quantitative estimate of drug-likeness (QED) is 0.849. The summed E-state index contributed by atoms with van der Waals surface area (Å²) in [5.74, 6) is -0.881. The molecule has 0 aliphatic carbocycles. The molecule has 0 aromatic heterocycles. The van der Waals surface area contributed by atoms with Crippen molar-refractivity contribution in [3.05, 3.63) is 34.6 Å². The lowest BCUT2D eigenvalue weighted by Gasteiger charge is -2.09. The van der Waals surface area contributed by atoms with Crippen LogP contribution in [-0.2, 0) is 0 Å². The largest absolute Gasteiger partial charge is 0.351 e. The van der Waals surface area contributed by atoms with E-state index in [2.05, 4.69) is 21.2 Å². The summed E-state index contributed by atoms with van der Waals surface area (Å²) in [5, 5.41) is 2.72. The zero-order valence-corrected chi connectivity index (χ0v) is 11.1. The van der Waals surface area contributed by atoms with Gasteiger partial charge in [0, 0.05) is 16.9 Å². The molecule has 88 valence electrons. The summed E-state index contributed by atoms with van der Waals surface area (Å²) in [4.78, 5) is 11.8. The molecular formula is C11H12BrClFNO. The van der Waals surface area contributed by atoms with Crippen LogP contribution in [-0.4, -0.2) is 17.3 Å². The van der Waals surface area contributed by atoms with Crippen molar-refractivity contribution in [2.75, 3.05) is 6.54 Å². The fraction of sp³-hybridized carbons (Fsp3) is 0.364. The van der Waals surface area contributed by atoms with E-state index in [1.807, 2.05) is 6.92 Å². The van der Waals surface area contributed by atoms with Crippen molar-refractivity contribution >= 4 is 33.4 Å². The molecule has 0 aliphatic rings. The first kappa shape index (κ1) is 13.5. The standard InChI is InChI=1S/C11H12BrClFNO/c1-2-8(12)6-15-11(16)7-3-4-9(13)10(14)5-7/h3-5,8H,2,6H2,1H3,(H,15,16). The van der Waals surface area contributed by atoms with Crippen LogP contribution in [0.3, 0.4) is 0 Å². The first-order chi connectivity index (χ1) is 7.54. The Morgan fingerprint density at radius 2 is 2.31 bits per heavy atom. The third-order valence-corrected chi connectivity index (χ3v) is 3.39. The monoisotopic (exact) mass is 307 g/mol. The highest BCUT2D eigenvalue weighted by molar-refractivity contribution is 9.09. The van der Waals surface area contributed by atoms with E-state index < -0.39 is 5.82 Å². The zero-order chi connectivity index (χ0) is 12.1. The SMILES string of the molecule is CCC(Br)CNC(=O)c1ccc(Cl)c(F)c1. The Morgan fingerprint density at radius 1 is 1.62 bits per heavy atom. The van der Waals surface area contributed by atoms with Crippen LogP contribution < -0.4 is 5.32 Å². The molecule has 5 heteroatoms. The number of rotatable bonds is 4. The molecule has 1 amide bonds. The number of amides is 1. The molecule has 1 aromatic rings. The number of carbonyl (C=O) groups excluding carboxylic acids is 1. The molecule has 0 fully saturated rings. The van der Waals surface area contributed by atoms with Crippen molar-refractivity contribution in [3.63, 3.8) is 0 Å². The smallest absolute Gasteiger partial charge is 0.251 e. The van der Waals surface area contributed by atoms with E-state index in [4.69, 9.17) is 11.6 Å². The average Bonchev–Trinajstić information content (AvgIpc) is 2.29. The minimum Gasteiger partial charge on any atom is -0.351 e. The fourth-order valence-corrected chi connectivity index (χ4v) is 1.37. The molecule has 0 radical (unpaired) electrons. The molecule has 1 aromatic carbocycles. The summed E-state index contributed by atoms with van der Waals surface area (Å²) in [5.41, 5.74) is 0.276. The van der Waals surface area contributed by atoms with Crippen molar-refractivity contribution in [1.82, 2.24) is 5.32 Å². The normalized spacial score (nSPS) is 12.2. The summed E-state index contributed by atoms with van der Waals surface area (Å²) in [6.45, 7) is 2.52. The van der Waals surface area contributed by atoms with Gasteiger partial charge in [-0.05, 0) is 24.6 Å². The van der Waals surface area contributed by atoms with Gasteiger partial charge in [-0.2, -0.15) is 0 Å². The molecule has 2 nitrogen and oxygen atoms in total. The molecule has 1 atom stereocenters. The van der Waals surface area contributed by atoms with Crippen LogP contribution in [0.5, 0.6) is 0 Å². The second-order valence-electron chi connectivity index (χ2n) is 3.34. The topological polar surface area (TPSA) is 29.1 Å². The van der Waals surface area contributed by atoms with Gasteiger partial charge in [-0.1, -0.05) is 34.5 Å². The van der Waals surface area contributed by atoms with E-state index in [-0.39, 0.29) is 21.3 Å². The van der Waals surface area contributed by atoms with Crippen molar-refractivity contribution < 1.29 is 9.18 Å². The van der Waals surface area contributed by atoms with Gasteiger partial charge in [0.25, 0.3) is 5.91 Å². The summed E-state index contributed by atoms with van der Waals surface area (Å²) in [6.07, 6.45) is 0.912. The second-order valence-corrected chi connectivity index (χ2v) is 5.05. The number of halogens is 3. The minimum atomic E-state index is -0.583. The van der Waals surface area contributed by atoms with Crippen LogP contribution in [0, 0.1) is 5.82 Å². The third kappa shape index (κ3) is 3.76. The van der Waals surface area contributed by atoms with Crippen molar-refractivity contribution in [3.8, 4) is 0 Å². The fourth-order valence-electron chi connectivity index (χ4n) is 1.09. The van der Waals surface area contributed by atoms with Crippen molar-refractivity contribution in [1.29, 1.82) is 0 Å². The van der Waals surface area contributed by atoms with E-state index >= 15 is 0 Å². The number of alkyl halides is 1. The van der Waals surface area contributed by atoms with Gasteiger partial charge >= 0.3 is 0 Å². The Labute approximate surface area is 107 Å². The van der Waals surface area contributed by atoms with E-state index in [1.165, 1.54) is 12.1 Å². The molecule has 0 bridgehead atoms. The van der Waals surface area contributed by atoms with Crippen LogP contribution in [0.4, 0.5) is 4.39 Å². The maximum absolute atomic E-state index is 13.1. The molecule has 0 aliphatic heterocycles. The molecule has 0 spiro atoms. The van der Waals surface area contributed by atoms with Crippen LogP contribution in [0.2, 0.25) is 5.02 Å². The lowest BCUT2D eigenvalue weighted by molar-refractivity contribution is 0.0953. The molecule has 0 saturated heterocycles. The van der Waals surface area contributed by atoms with Crippen molar-refractivity contribution in [2.24, 2.45) is 0 Å². The Morgan fingerprint density at radius 3 is 2.88 bits per heavy atom. The van der Waals surface area contributed by atoms with Crippen LogP contribution >= 0.6 is 27.5 Å². The van der Waals surface area contributed by atoms with E-state index in [1.54, 1.807) is 0 Å². The Kier molecular flexibility index (Phi) is 5.22. The van der Waals surface area contributed by atoms with E-state index in [0.29, 0.717) is 6.54 Å².